The van der Waals surface area contributed by atoms with E-state index in [9.17, 15) is 5.11 Å². The van der Waals surface area contributed by atoms with Gasteiger partial charge in [-0.2, -0.15) is 0 Å². The zero-order valence-electron chi connectivity index (χ0n) is 11.1. The standard InChI is InChI=1S/C17H17NOS/c19-12-17(18-11-14-7-4-10-20-14)16-9-3-6-13-5-1-2-8-15(13)16/h1-10,17-19H,11-12H2. The van der Waals surface area contributed by atoms with Crippen LogP contribution in [-0.4, -0.2) is 11.7 Å². The lowest BCUT2D eigenvalue weighted by Gasteiger charge is -2.18. The Labute approximate surface area is 122 Å². The summed E-state index contributed by atoms with van der Waals surface area (Å²) >= 11 is 1.73. The van der Waals surface area contributed by atoms with Crippen LogP contribution in [0.4, 0.5) is 0 Å². The number of aliphatic hydroxyl groups excluding tert-OH is 1. The van der Waals surface area contributed by atoms with Crippen molar-refractivity contribution < 1.29 is 5.11 Å². The Hall–Kier alpha value is -1.68. The second-order valence-corrected chi connectivity index (χ2v) is 5.80. The van der Waals surface area contributed by atoms with Crippen molar-refractivity contribution in [1.29, 1.82) is 0 Å². The predicted octanol–water partition coefficient (Wildman–Crippen LogP) is 3.72. The van der Waals surface area contributed by atoms with Gasteiger partial charge in [-0.05, 0) is 27.8 Å². The number of fused-ring (bicyclic) bond motifs is 1. The maximum absolute atomic E-state index is 9.71. The quantitative estimate of drug-likeness (QED) is 0.748. The molecular formula is C17H17NOS. The SMILES string of the molecule is OCC(NCc1cccs1)c1cccc2ccccc12. The van der Waals surface area contributed by atoms with Gasteiger partial charge in [-0.15, -0.1) is 11.3 Å². The minimum atomic E-state index is -0.0387. The second kappa shape index (κ2) is 6.18. The van der Waals surface area contributed by atoms with Gasteiger partial charge in [0, 0.05) is 11.4 Å². The molecule has 3 aromatic rings. The Balaban J connectivity index is 1.87. The van der Waals surface area contributed by atoms with Gasteiger partial charge in [0.2, 0.25) is 0 Å². The van der Waals surface area contributed by atoms with E-state index in [-0.39, 0.29) is 12.6 Å². The maximum Gasteiger partial charge on any atom is 0.0626 e. The summed E-state index contributed by atoms with van der Waals surface area (Å²) in [5, 5.41) is 17.6. The van der Waals surface area contributed by atoms with E-state index in [0.717, 1.165) is 12.1 Å². The molecule has 102 valence electrons. The van der Waals surface area contributed by atoms with Crippen LogP contribution in [0.2, 0.25) is 0 Å². The first kappa shape index (κ1) is 13.3. The van der Waals surface area contributed by atoms with Gasteiger partial charge < -0.3 is 10.4 Å². The summed E-state index contributed by atoms with van der Waals surface area (Å²) in [6, 6.07) is 18.7. The van der Waals surface area contributed by atoms with Gasteiger partial charge >= 0.3 is 0 Å². The molecule has 1 aromatic heterocycles. The van der Waals surface area contributed by atoms with Crippen molar-refractivity contribution in [2.24, 2.45) is 0 Å². The highest BCUT2D eigenvalue weighted by Gasteiger charge is 2.12. The van der Waals surface area contributed by atoms with Crippen molar-refractivity contribution in [3.63, 3.8) is 0 Å². The molecule has 0 bridgehead atoms. The third-order valence-corrected chi connectivity index (χ3v) is 4.36. The third kappa shape index (κ3) is 2.75. The highest BCUT2D eigenvalue weighted by Crippen LogP contribution is 2.24. The average Bonchev–Trinajstić information content (AvgIpc) is 3.01. The predicted molar refractivity (Wildman–Crippen MR) is 84.9 cm³/mol. The van der Waals surface area contributed by atoms with E-state index in [1.807, 2.05) is 24.3 Å². The van der Waals surface area contributed by atoms with E-state index in [2.05, 4.69) is 41.0 Å². The average molecular weight is 283 g/mol. The molecule has 3 rings (SSSR count). The number of hydrogen-bond donors (Lipinski definition) is 2. The first-order valence-electron chi connectivity index (χ1n) is 6.73. The molecule has 0 aliphatic carbocycles. The van der Waals surface area contributed by atoms with Crippen molar-refractivity contribution >= 4 is 22.1 Å². The van der Waals surface area contributed by atoms with Gasteiger partial charge in [0.1, 0.15) is 0 Å². The second-order valence-electron chi connectivity index (χ2n) is 4.76. The fourth-order valence-electron chi connectivity index (χ4n) is 2.46. The zero-order chi connectivity index (χ0) is 13.8. The number of thiophene rings is 1. The van der Waals surface area contributed by atoms with Crippen LogP contribution in [0.25, 0.3) is 10.8 Å². The third-order valence-electron chi connectivity index (χ3n) is 3.48. The lowest BCUT2D eigenvalue weighted by molar-refractivity contribution is 0.244. The first-order chi connectivity index (χ1) is 9.88. The Morgan fingerprint density at radius 1 is 1.00 bits per heavy atom. The molecule has 0 saturated carbocycles. The van der Waals surface area contributed by atoms with E-state index in [1.165, 1.54) is 15.6 Å². The van der Waals surface area contributed by atoms with Crippen LogP contribution >= 0.6 is 11.3 Å². The summed E-state index contributed by atoms with van der Waals surface area (Å²) in [4.78, 5) is 1.28. The molecule has 1 atom stereocenters. The van der Waals surface area contributed by atoms with Crippen molar-refractivity contribution in [2.45, 2.75) is 12.6 Å². The highest BCUT2D eigenvalue weighted by atomic mass is 32.1. The summed E-state index contributed by atoms with van der Waals surface area (Å²) in [7, 11) is 0. The molecule has 0 saturated heterocycles. The molecule has 0 spiro atoms. The van der Waals surface area contributed by atoms with Crippen molar-refractivity contribution in [3.8, 4) is 0 Å². The number of hydrogen-bond acceptors (Lipinski definition) is 3. The molecule has 1 heterocycles. The van der Waals surface area contributed by atoms with Crippen molar-refractivity contribution in [2.75, 3.05) is 6.61 Å². The number of rotatable bonds is 5. The fourth-order valence-corrected chi connectivity index (χ4v) is 3.12. The molecule has 20 heavy (non-hydrogen) atoms. The van der Waals surface area contributed by atoms with Gasteiger partial charge in [-0.3, -0.25) is 0 Å². The number of benzene rings is 2. The Morgan fingerprint density at radius 3 is 2.65 bits per heavy atom. The molecule has 2 N–H and O–H groups in total. The summed E-state index contributed by atoms with van der Waals surface area (Å²) in [6.45, 7) is 0.880. The smallest absolute Gasteiger partial charge is 0.0626 e. The normalized spacial score (nSPS) is 12.7. The highest BCUT2D eigenvalue weighted by molar-refractivity contribution is 7.09. The summed E-state index contributed by atoms with van der Waals surface area (Å²) in [5.41, 5.74) is 1.15. The van der Waals surface area contributed by atoms with E-state index < -0.39 is 0 Å². The molecule has 3 heteroatoms. The van der Waals surface area contributed by atoms with Crippen LogP contribution in [0, 0.1) is 0 Å². The van der Waals surface area contributed by atoms with Gasteiger partial charge in [0.05, 0.1) is 12.6 Å². The van der Waals surface area contributed by atoms with Crippen LogP contribution in [0.5, 0.6) is 0 Å². The van der Waals surface area contributed by atoms with Crippen molar-refractivity contribution in [3.05, 3.63) is 70.4 Å². The van der Waals surface area contributed by atoms with Crippen LogP contribution in [0.3, 0.4) is 0 Å². The van der Waals surface area contributed by atoms with Gasteiger partial charge in [0.15, 0.2) is 0 Å². The summed E-state index contributed by atoms with van der Waals surface area (Å²) in [5.74, 6) is 0. The van der Waals surface area contributed by atoms with Gasteiger partial charge in [-0.25, -0.2) is 0 Å². The molecule has 0 fully saturated rings. The van der Waals surface area contributed by atoms with Crippen LogP contribution in [0.1, 0.15) is 16.5 Å². The van der Waals surface area contributed by atoms with E-state index in [0.29, 0.717) is 0 Å². The summed E-state index contributed by atoms with van der Waals surface area (Å²) in [6.07, 6.45) is 0. The maximum atomic E-state index is 9.71. The van der Waals surface area contributed by atoms with Crippen molar-refractivity contribution in [1.82, 2.24) is 5.32 Å². The number of nitrogens with one attached hydrogen (secondary N) is 1. The fraction of sp³-hybridized carbons (Fsp3) is 0.176. The Kier molecular flexibility index (Phi) is 4.11. The molecule has 0 aliphatic heterocycles. The topological polar surface area (TPSA) is 32.3 Å². The van der Waals surface area contributed by atoms with Crippen LogP contribution in [0.15, 0.2) is 60.0 Å². The largest absolute Gasteiger partial charge is 0.394 e. The van der Waals surface area contributed by atoms with E-state index in [1.54, 1.807) is 11.3 Å². The van der Waals surface area contributed by atoms with E-state index >= 15 is 0 Å². The molecular weight excluding hydrogens is 266 g/mol. The van der Waals surface area contributed by atoms with E-state index in [4.69, 9.17) is 0 Å². The minimum absolute atomic E-state index is 0.0387. The monoisotopic (exact) mass is 283 g/mol. The lowest BCUT2D eigenvalue weighted by atomic mass is 9.99. The minimum Gasteiger partial charge on any atom is -0.394 e. The van der Waals surface area contributed by atoms with Crippen LogP contribution in [-0.2, 0) is 6.54 Å². The van der Waals surface area contributed by atoms with Crippen LogP contribution < -0.4 is 5.32 Å². The molecule has 0 aliphatic rings. The molecule has 1 unspecified atom stereocenters. The zero-order valence-corrected chi connectivity index (χ0v) is 11.9. The molecule has 0 amide bonds. The first-order valence-corrected chi connectivity index (χ1v) is 7.61. The summed E-state index contributed by atoms with van der Waals surface area (Å²) < 4.78 is 0. The Morgan fingerprint density at radius 2 is 1.85 bits per heavy atom. The Bertz CT molecular complexity index is 673. The molecule has 2 aromatic carbocycles. The number of aliphatic hydroxyl groups is 1. The van der Waals surface area contributed by atoms with Gasteiger partial charge in [0.25, 0.3) is 0 Å². The molecule has 2 nitrogen and oxygen atoms in total. The molecule has 0 radical (unpaired) electrons. The lowest BCUT2D eigenvalue weighted by Crippen LogP contribution is -2.23. The van der Waals surface area contributed by atoms with Gasteiger partial charge in [-0.1, -0.05) is 48.5 Å².